The second kappa shape index (κ2) is 8.39. The van der Waals surface area contributed by atoms with Crippen LogP contribution in [-0.2, 0) is 4.74 Å². The second-order valence-corrected chi connectivity index (χ2v) is 6.09. The number of halogens is 1. The van der Waals surface area contributed by atoms with Gasteiger partial charge in [-0.3, -0.25) is 0 Å². The Labute approximate surface area is 128 Å². The van der Waals surface area contributed by atoms with E-state index < -0.39 is 0 Å². The number of carbonyl (C=O) groups excluding carboxylic acids is 1. The predicted octanol–water partition coefficient (Wildman–Crippen LogP) is 2.86. The lowest BCUT2D eigenvalue weighted by molar-refractivity contribution is 0.142. The molecule has 0 unspecified atom stereocenters. The SMILES string of the molecule is O=C(NCCSc1ccc(Cl)cc1)N1CCCOCC1. The quantitative estimate of drug-likeness (QED) is 0.686. The van der Waals surface area contributed by atoms with Gasteiger partial charge in [0.25, 0.3) is 0 Å². The van der Waals surface area contributed by atoms with E-state index in [0.29, 0.717) is 19.7 Å². The molecule has 1 aliphatic rings. The van der Waals surface area contributed by atoms with E-state index in [9.17, 15) is 4.79 Å². The summed E-state index contributed by atoms with van der Waals surface area (Å²) in [6, 6.07) is 7.73. The van der Waals surface area contributed by atoms with Gasteiger partial charge >= 0.3 is 6.03 Å². The van der Waals surface area contributed by atoms with E-state index >= 15 is 0 Å². The third kappa shape index (κ3) is 5.23. The van der Waals surface area contributed by atoms with Crippen molar-refractivity contribution in [1.82, 2.24) is 10.2 Å². The summed E-state index contributed by atoms with van der Waals surface area (Å²) in [6.07, 6.45) is 0.910. The highest BCUT2D eigenvalue weighted by Gasteiger charge is 2.14. The fraction of sp³-hybridized carbons (Fsp3) is 0.500. The van der Waals surface area contributed by atoms with Gasteiger partial charge < -0.3 is 15.0 Å². The van der Waals surface area contributed by atoms with Crippen molar-refractivity contribution in [2.24, 2.45) is 0 Å². The highest BCUT2D eigenvalue weighted by molar-refractivity contribution is 7.99. The zero-order valence-electron chi connectivity index (χ0n) is 11.3. The van der Waals surface area contributed by atoms with Crippen LogP contribution in [0.4, 0.5) is 4.79 Å². The van der Waals surface area contributed by atoms with Crippen molar-refractivity contribution in [3.8, 4) is 0 Å². The highest BCUT2D eigenvalue weighted by atomic mass is 35.5. The van der Waals surface area contributed by atoms with Gasteiger partial charge in [-0.15, -0.1) is 11.8 Å². The summed E-state index contributed by atoms with van der Waals surface area (Å²) in [4.78, 5) is 14.9. The summed E-state index contributed by atoms with van der Waals surface area (Å²) in [7, 11) is 0. The topological polar surface area (TPSA) is 41.6 Å². The number of hydrogen-bond acceptors (Lipinski definition) is 3. The maximum atomic E-state index is 11.9. The lowest BCUT2D eigenvalue weighted by Crippen LogP contribution is -2.42. The standard InChI is InChI=1S/C14H19ClN2O2S/c15-12-2-4-13(5-3-12)20-11-6-16-14(18)17-7-1-9-19-10-8-17/h2-5H,1,6-11H2,(H,16,18). The third-order valence-corrected chi connectivity index (χ3v) is 4.24. The van der Waals surface area contributed by atoms with Crippen molar-refractivity contribution in [2.45, 2.75) is 11.3 Å². The minimum Gasteiger partial charge on any atom is -0.380 e. The first-order valence-corrected chi connectivity index (χ1v) is 8.11. The molecule has 0 saturated carbocycles. The number of thioether (sulfide) groups is 1. The Morgan fingerprint density at radius 1 is 1.30 bits per heavy atom. The summed E-state index contributed by atoms with van der Waals surface area (Å²) in [5, 5.41) is 3.69. The van der Waals surface area contributed by atoms with Crippen LogP contribution in [0, 0.1) is 0 Å². The molecule has 1 aromatic carbocycles. The first kappa shape index (κ1) is 15.5. The fourth-order valence-corrected chi connectivity index (χ4v) is 2.81. The molecule has 0 radical (unpaired) electrons. The van der Waals surface area contributed by atoms with Gasteiger partial charge in [0.15, 0.2) is 0 Å². The first-order valence-electron chi connectivity index (χ1n) is 6.74. The van der Waals surface area contributed by atoms with Crippen LogP contribution in [-0.4, -0.2) is 49.5 Å². The molecular weight excluding hydrogens is 296 g/mol. The molecule has 0 spiro atoms. The molecule has 1 aliphatic heterocycles. The van der Waals surface area contributed by atoms with E-state index in [4.69, 9.17) is 16.3 Å². The van der Waals surface area contributed by atoms with Gasteiger partial charge in [-0.05, 0) is 30.7 Å². The molecule has 1 saturated heterocycles. The van der Waals surface area contributed by atoms with Crippen molar-refractivity contribution in [2.75, 3.05) is 38.6 Å². The molecular formula is C14H19ClN2O2S. The normalized spacial score (nSPS) is 15.8. The largest absolute Gasteiger partial charge is 0.380 e. The zero-order valence-corrected chi connectivity index (χ0v) is 12.9. The molecule has 0 atom stereocenters. The first-order chi connectivity index (χ1) is 9.75. The number of hydrogen-bond donors (Lipinski definition) is 1. The number of nitrogens with one attached hydrogen (secondary N) is 1. The Morgan fingerprint density at radius 3 is 2.90 bits per heavy atom. The summed E-state index contributed by atoms with van der Waals surface area (Å²) in [5.41, 5.74) is 0. The number of amides is 2. The number of benzene rings is 1. The molecule has 2 amide bonds. The van der Waals surface area contributed by atoms with Crippen LogP contribution in [0.25, 0.3) is 0 Å². The van der Waals surface area contributed by atoms with Crippen LogP contribution in [0.2, 0.25) is 5.02 Å². The summed E-state index contributed by atoms with van der Waals surface area (Å²) in [6.45, 7) is 3.49. The van der Waals surface area contributed by atoms with E-state index in [1.54, 1.807) is 11.8 Å². The lowest BCUT2D eigenvalue weighted by atomic mass is 10.4. The number of nitrogens with zero attached hydrogens (tertiary/aromatic N) is 1. The molecule has 0 bridgehead atoms. The van der Waals surface area contributed by atoms with E-state index in [0.717, 1.165) is 35.2 Å². The Morgan fingerprint density at radius 2 is 2.10 bits per heavy atom. The Bertz CT molecular complexity index is 420. The fourth-order valence-electron chi connectivity index (χ4n) is 1.92. The molecule has 1 fully saturated rings. The van der Waals surface area contributed by atoms with E-state index in [1.165, 1.54) is 0 Å². The van der Waals surface area contributed by atoms with Crippen LogP contribution >= 0.6 is 23.4 Å². The van der Waals surface area contributed by atoms with Gasteiger partial charge in [-0.2, -0.15) is 0 Å². The minimum absolute atomic E-state index is 0.00667. The number of urea groups is 1. The van der Waals surface area contributed by atoms with Crippen molar-refractivity contribution in [3.63, 3.8) is 0 Å². The Hall–Kier alpha value is -0.910. The van der Waals surface area contributed by atoms with Crippen molar-refractivity contribution in [1.29, 1.82) is 0 Å². The van der Waals surface area contributed by atoms with Gasteiger partial charge in [0, 0.05) is 41.9 Å². The monoisotopic (exact) mass is 314 g/mol. The van der Waals surface area contributed by atoms with Gasteiger partial charge in [-0.1, -0.05) is 11.6 Å². The van der Waals surface area contributed by atoms with Crippen LogP contribution in [0.5, 0.6) is 0 Å². The molecule has 1 N–H and O–H groups in total. The summed E-state index contributed by atoms with van der Waals surface area (Å²) in [5.74, 6) is 0.845. The number of carbonyl (C=O) groups is 1. The molecule has 2 rings (SSSR count). The lowest BCUT2D eigenvalue weighted by Gasteiger charge is -2.20. The number of rotatable bonds is 4. The second-order valence-electron chi connectivity index (χ2n) is 4.49. The molecule has 20 heavy (non-hydrogen) atoms. The minimum atomic E-state index is 0.00667. The average Bonchev–Trinajstić information content (AvgIpc) is 2.74. The maximum Gasteiger partial charge on any atom is 0.317 e. The average molecular weight is 315 g/mol. The molecule has 4 nitrogen and oxygen atoms in total. The molecule has 1 aromatic rings. The van der Waals surface area contributed by atoms with Crippen LogP contribution < -0.4 is 5.32 Å². The predicted molar refractivity (Wildman–Crippen MR) is 82.6 cm³/mol. The number of ether oxygens (including phenoxy) is 1. The van der Waals surface area contributed by atoms with Crippen LogP contribution in [0.1, 0.15) is 6.42 Å². The molecule has 1 heterocycles. The Balaban J connectivity index is 1.64. The molecule has 0 aliphatic carbocycles. The van der Waals surface area contributed by atoms with Crippen LogP contribution in [0.3, 0.4) is 0 Å². The van der Waals surface area contributed by atoms with Gasteiger partial charge in [0.2, 0.25) is 0 Å². The van der Waals surface area contributed by atoms with E-state index in [-0.39, 0.29) is 6.03 Å². The van der Waals surface area contributed by atoms with Gasteiger partial charge in [-0.25, -0.2) is 4.79 Å². The molecule has 6 heteroatoms. The zero-order chi connectivity index (χ0) is 14.2. The van der Waals surface area contributed by atoms with E-state index in [2.05, 4.69) is 5.32 Å². The van der Waals surface area contributed by atoms with Crippen molar-refractivity contribution < 1.29 is 9.53 Å². The van der Waals surface area contributed by atoms with Gasteiger partial charge in [0.1, 0.15) is 0 Å². The third-order valence-electron chi connectivity index (χ3n) is 2.97. The molecule has 110 valence electrons. The van der Waals surface area contributed by atoms with Crippen LogP contribution in [0.15, 0.2) is 29.2 Å². The van der Waals surface area contributed by atoms with Crippen molar-refractivity contribution in [3.05, 3.63) is 29.3 Å². The smallest absolute Gasteiger partial charge is 0.317 e. The molecule has 0 aromatic heterocycles. The maximum absolute atomic E-state index is 11.9. The van der Waals surface area contributed by atoms with E-state index in [1.807, 2.05) is 29.2 Å². The Kier molecular flexibility index (Phi) is 6.50. The highest BCUT2D eigenvalue weighted by Crippen LogP contribution is 2.19. The van der Waals surface area contributed by atoms with Gasteiger partial charge in [0.05, 0.1) is 6.61 Å². The summed E-state index contributed by atoms with van der Waals surface area (Å²) >= 11 is 7.54. The summed E-state index contributed by atoms with van der Waals surface area (Å²) < 4.78 is 5.33. The van der Waals surface area contributed by atoms with Crippen molar-refractivity contribution >= 4 is 29.4 Å².